The van der Waals surface area contributed by atoms with Gasteiger partial charge in [0.25, 0.3) is 5.91 Å². The summed E-state index contributed by atoms with van der Waals surface area (Å²) in [7, 11) is 1.55. The highest BCUT2D eigenvalue weighted by Crippen LogP contribution is 2.26. The number of carbonyl (C=O) groups is 2. The fraction of sp³-hybridized carbons (Fsp3) is 0.333. The Morgan fingerprint density at radius 3 is 2.58 bits per heavy atom. The predicted octanol–water partition coefficient (Wildman–Crippen LogP) is 2.46. The first-order valence-corrected chi connectivity index (χ1v) is 8.65. The van der Waals surface area contributed by atoms with Crippen molar-refractivity contribution >= 4 is 24.5 Å². The molecule has 0 saturated heterocycles. The number of benzene rings is 1. The summed E-state index contributed by atoms with van der Waals surface area (Å²) in [6.07, 6.45) is 0. The zero-order valence-corrected chi connectivity index (χ0v) is 15.5. The summed E-state index contributed by atoms with van der Waals surface area (Å²) in [5, 5.41) is 2.53. The van der Waals surface area contributed by atoms with Crippen LogP contribution in [0, 0.1) is 0 Å². The average Bonchev–Trinajstić information content (AvgIpc) is 3.13. The maximum absolute atomic E-state index is 12.2. The molecule has 1 atom stereocenters. The van der Waals surface area contributed by atoms with Crippen LogP contribution in [0.3, 0.4) is 0 Å². The van der Waals surface area contributed by atoms with Gasteiger partial charge in [-0.2, -0.15) is 12.6 Å². The molecule has 2 aromatic rings. The molecule has 26 heavy (non-hydrogen) atoms. The largest absolute Gasteiger partial charge is 0.493 e. The molecule has 1 aromatic heterocycles. The number of carbonyl (C=O) groups excluding carboxylic acids is 2. The molecule has 0 aliphatic carbocycles. The Kier molecular flexibility index (Phi) is 7.40. The lowest BCUT2D eigenvalue weighted by Gasteiger charge is -2.14. The van der Waals surface area contributed by atoms with Crippen LogP contribution in [0.5, 0.6) is 11.5 Å². The van der Waals surface area contributed by atoms with Crippen LogP contribution in [-0.4, -0.2) is 37.4 Å². The number of furan rings is 1. The van der Waals surface area contributed by atoms with Gasteiger partial charge in [-0.25, -0.2) is 4.79 Å². The number of para-hydroxylation sites is 2. The summed E-state index contributed by atoms with van der Waals surface area (Å²) in [5.74, 6) is 0.745. The van der Waals surface area contributed by atoms with Crippen molar-refractivity contribution in [2.24, 2.45) is 0 Å². The second kappa shape index (κ2) is 9.76. The van der Waals surface area contributed by atoms with E-state index < -0.39 is 17.9 Å². The topological polar surface area (TPSA) is 87.0 Å². The Bertz CT molecular complexity index is 745. The number of amides is 1. The van der Waals surface area contributed by atoms with Gasteiger partial charge in [0, 0.05) is 5.75 Å². The van der Waals surface area contributed by atoms with Gasteiger partial charge in [0.05, 0.1) is 13.7 Å². The van der Waals surface area contributed by atoms with Crippen LogP contribution in [0.2, 0.25) is 0 Å². The molecule has 7 nitrogen and oxygen atoms in total. The zero-order chi connectivity index (χ0) is 18.9. The van der Waals surface area contributed by atoms with Gasteiger partial charge in [-0.05, 0) is 31.2 Å². The van der Waals surface area contributed by atoms with Gasteiger partial charge >= 0.3 is 5.97 Å². The number of rotatable bonds is 9. The van der Waals surface area contributed by atoms with E-state index in [0.717, 1.165) is 0 Å². The summed E-state index contributed by atoms with van der Waals surface area (Å²) < 4.78 is 21.2. The molecule has 140 valence electrons. The molecule has 0 unspecified atom stereocenters. The van der Waals surface area contributed by atoms with Crippen molar-refractivity contribution in [3.05, 3.63) is 47.9 Å². The van der Waals surface area contributed by atoms with Crippen LogP contribution in [0.15, 0.2) is 40.8 Å². The molecule has 0 aliphatic heterocycles. The van der Waals surface area contributed by atoms with E-state index in [2.05, 4.69) is 17.9 Å². The van der Waals surface area contributed by atoms with Crippen LogP contribution in [-0.2, 0) is 16.1 Å². The molecule has 2 rings (SSSR count). The molecule has 1 heterocycles. The second-order valence-electron chi connectivity index (χ2n) is 5.17. The highest BCUT2D eigenvalue weighted by Gasteiger charge is 2.22. The summed E-state index contributed by atoms with van der Waals surface area (Å²) in [4.78, 5) is 23.9. The van der Waals surface area contributed by atoms with E-state index in [1.807, 2.05) is 12.1 Å². The van der Waals surface area contributed by atoms with E-state index in [1.54, 1.807) is 32.2 Å². The Morgan fingerprint density at radius 1 is 1.19 bits per heavy atom. The third-order valence-corrected chi connectivity index (χ3v) is 3.75. The Labute approximate surface area is 157 Å². The molecule has 1 amide bonds. The third-order valence-electron chi connectivity index (χ3n) is 3.38. The molecule has 0 bridgehead atoms. The van der Waals surface area contributed by atoms with Crippen LogP contribution in [0.1, 0.15) is 23.2 Å². The fourth-order valence-electron chi connectivity index (χ4n) is 2.12. The van der Waals surface area contributed by atoms with E-state index in [1.165, 1.54) is 6.07 Å². The lowest BCUT2D eigenvalue weighted by molar-refractivity contribution is -0.144. The summed E-state index contributed by atoms with van der Waals surface area (Å²) in [5.41, 5.74) is 0. The molecular formula is C18H21NO6S. The van der Waals surface area contributed by atoms with E-state index in [-0.39, 0.29) is 24.7 Å². The molecule has 0 fully saturated rings. The minimum Gasteiger partial charge on any atom is -0.493 e. The van der Waals surface area contributed by atoms with Crippen LogP contribution in [0.25, 0.3) is 0 Å². The first-order chi connectivity index (χ1) is 12.6. The van der Waals surface area contributed by atoms with Gasteiger partial charge in [-0.15, -0.1) is 0 Å². The Morgan fingerprint density at radius 2 is 1.92 bits per heavy atom. The number of esters is 1. The van der Waals surface area contributed by atoms with Crippen LogP contribution in [0.4, 0.5) is 0 Å². The Hall–Kier alpha value is -2.61. The van der Waals surface area contributed by atoms with Gasteiger partial charge < -0.3 is 23.9 Å². The summed E-state index contributed by atoms with van der Waals surface area (Å²) in [6.45, 7) is 2.04. The first-order valence-electron chi connectivity index (χ1n) is 8.01. The van der Waals surface area contributed by atoms with Gasteiger partial charge in [0.2, 0.25) is 0 Å². The van der Waals surface area contributed by atoms with Gasteiger partial charge in [0.15, 0.2) is 17.3 Å². The molecular weight excluding hydrogens is 358 g/mol. The van der Waals surface area contributed by atoms with Gasteiger partial charge in [0.1, 0.15) is 18.4 Å². The van der Waals surface area contributed by atoms with Crippen molar-refractivity contribution in [2.75, 3.05) is 19.5 Å². The highest BCUT2D eigenvalue weighted by molar-refractivity contribution is 7.80. The van der Waals surface area contributed by atoms with Gasteiger partial charge in [-0.3, -0.25) is 4.79 Å². The number of ether oxygens (including phenoxy) is 3. The maximum atomic E-state index is 12.2. The molecule has 1 aromatic carbocycles. The van der Waals surface area contributed by atoms with Crippen molar-refractivity contribution in [1.29, 1.82) is 0 Å². The number of hydrogen-bond acceptors (Lipinski definition) is 7. The minimum absolute atomic E-state index is 0.0692. The zero-order valence-electron chi connectivity index (χ0n) is 14.6. The van der Waals surface area contributed by atoms with E-state index in [4.69, 9.17) is 18.6 Å². The SMILES string of the molecule is CCOC(=O)[C@H](CS)NC(=O)c1ccc(COc2ccccc2OC)o1. The lowest BCUT2D eigenvalue weighted by atomic mass is 10.3. The van der Waals surface area contributed by atoms with Crippen molar-refractivity contribution in [3.63, 3.8) is 0 Å². The highest BCUT2D eigenvalue weighted by atomic mass is 32.1. The number of nitrogens with one attached hydrogen (secondary N) is 1. The second-order valence-corrected chi connectivity index (χ2v) is 5.53. The minimum atomic E-state index is -0.843. The average molecular weight is 379 g/mol. The summed E-state index contributed by atoms with van der Waals surface area (Å²) in [6, 6.07) is 9.51. The van der Waals surface area contributed by atoms with Crippen LogP contribution < -0.4 is 14.8 Å². The maximum Gasteiger partial charge on any atom is 0.329 e. The van der Waals surface area contributed by atoms with E-state index in [9.17, 15) is 9.59 Å². The normalized spacial score (nSPS) is 11.5. The van der Waals surface area contributed by atoms with Crippen molar-refractivity contribution in [2.45, 2.75) is 19.6 Å². The van der Waals surface area contributed by atoms with Crippen molar-refractivity contribution < 1.29 is 28.2 Å². The number of thiol groups is 1. The molecule has 0 aliphatic rings. The molecule has 1 N–H and O–H groups in total. The smallest absolute Gasteiger partial charge is 0.329 e. The molecule has 0 radical (unpaired) electrons. The fourth-order valence-corrected chi connectivity index (χ4v) is 2.36. The van der Waals surface area contributed by atoms with Crippen molar-refractivity contribution in [3.8, 4) is 11.5 Å². The molecule has 0 spiro atoms. The standard InChI is InChI=1S/C18H21NO6S/c1-3-23-18(21)13(11-26)19-17(20)16-9-8-12(25-16)10-24-15-7-5-4-6-14(15)22-2/h4-9,13,26H,3,10-11H2,1-2H3,(H,19,20)/t13-/m0/s1. The van der Waals surface area contributed by atoms with E-state index >= 15 is 0 Å². The first kappa shape index (κ1) is 19.7. The molecule has 0 saturated carbocycles. The number of hydrogen-bond donors (Lipinski definition) is 2. The Balaban J connectivity index is 1.96. The van der Waals surface area contributed by atoms with Crippen molar-refractivity contribution in [1.82, 2.24) is 5.32 Å². The van der Waals surface area contributed by atoms with Gasteiger partial charge in [-0.1, -0.05) is 12.1 Å². The number of methoxy groups -OCH3 is 1. The molecule has 8 heteroatoms. The summed E-state index contributed by atoms with van der Waals surface area (Å²) >= 11 is 4.05. The quantitative estimate of drug-likeness (QED) is 0.514. The lowest BCUT2D eigenvalue weighted by Crippen LogP contribution is -2.43. The third kappa shape index (κ3) is 5.19. The van der Waals surface area contributed by atoms with E-state index in [0.29, 0.717) is 17.3 Å². The monoisotopic (exact) mass is 379 g/mol. The predicted molar refractivity (Wildman–Crippen MR) is 97.8 cm³/mol. The van der Waals surface area contributed by atoms with Crippen LogP contribution >= 0.6 is 12.6 Å².